The molecular weight excluding hydrogens is 382 g/mol. The number of para-hydroxylation sites is 1. The van der Waals surface area contributed by atoms with Crippen LogP contribution in [-0.2, 0) is 6.42 Å². The Morgan fingerprint density at radius 1 is 1.17 bits per heavy atom. The van der Waals surface area contributed by atoms with Gasteiger partial charge in [0.25, 0.3) is 11.6 Å². The van der Waals surface area contributed by atoms with Crippen LogP contribution >= 0.6 is 0 Å². The number of nitro benzene ring substituents is 1. The molecule has 4 rings (SSSR count). The first-order chi connectivity index (χ1) is 14.6. The van der Waals surface area contributed by atoms with E-state index in [9.17, 15) is 14.9 Å². The molecule has 1 amide bonds. The van der Waals surface area contributed by atoms with Gasteiger partial charge in [-0.05, 0) is 49.9 Å². The van der Waals surface area contributed by atoms with Gasteiger partial charge in [0.2, 0.25) is 0 Å². The zero-order chi connectivity index (χ0) is 20.9. The number of rotatable bonds is 7. The molecule has 0 radical (unpaired) electrons. The highest BCUT2D eigenvalue weighted by molar-refractivity contribution is 6.04. The minimum atomic E-state index is -0.373. The lowest BCUT2D eigenvalue weighted by atomic mass is 9.96. The van der Waals surface area contributed by atoms with Gasteiger partial charge in [-0.3, -0.25) is 20.0 Å². The highest BCUT2D eigenvalue weighted by Crippen LogP contribution is 2.19. The predicted octanol–water partition coefficient (Wildman–Crippen LogP) is 3.16. The molecule has 0 bridgehead atoms. The number of carbonyl (C=O) groups is 1. The summed E-state index contributed by atoms with van der Waals surface area (Å²) in [4.78, 5) is 25.3. The lowest BCUT2D eigenvalue weighted by Crippen LogP contribution is -2.39. The van der Waals surface area contributed by atoms with Crippen molar-refractivity contribution in [3.8, 4) is 0 Å². The summed E-state index contributed by atoms with van der Waals surface area (Å²) in [5, 5.41) is 21.7. The monoisotopic (exact) mass is 407 g/mol. The predicted molar refractivity (Wildman–Crippen MR) is 114 cm³/mol. The molecule has 0 saturated carbocycles. The normalized spacial score (nSPS) is 15.3. The number of likely N-dealkylation sites (tertiary alicyclic amines) is 1. The van der Waals surface area contributed by atoms with Gasteiger partial charge in [-0.1, -0.05) is 30.3 Å². The molecule has 1 aliphatic heterocycles. The molecule has 2 heterocycles. The quantitative estimate of drug-likeness (QED) is 0.462. The largest absolute Gasteiger partial charge is 0.350 e. The summed E-state index contributed by atoms with van der Waals surface area (Å²) in [6, 6.07) is 14.4. The van der Waals surface area contributed by atoms with Crippen molar-refractivity contribution in [1.29, 1.82) is 0 Å². The summed E-state index contributed by atoms with van der Waals surface area (Å²) in [6.07, 6.45) is 2.97. The molecule has 0 aliphatic carbocycles. The van der Waals surface area contributed by atoms with Crippen molar-refractivity contribution in [2.45, 2.75) is 19.3 Å². The van der Waals surface area contributed by atoms with E-state index in [2.05, 4.69) is 20.4 Å². The summed E-state index contributed by atoms with van der Waals surface area (Å²) in [5.41, 5.74) is 2.56. The summed E-state index contributed by atoms with van der Waals surface area (Å²) in [5.74, 6) is 0.336. The van der Waals surface area contributed by atoms with Crippen LogP contribution in [0.25, 0.3) is 10.9 Å². The van der Waals surface area contributed by atoms with Crippen molar-refractivity contribution in [3.63, 3.8) is 0 Å². The highest BCUT2D eigenvalue weighted by atomic mass is 16.6. The van der Waals surface area contributed by atoms with Crippen LogP contribution in [0.5, 0.6) is 0 Å². The molecule has 1 saturated heterocycles. The number of non-ortho nitro benzene ring substituents is 1. The zero-order valence-electron chi connectivity index (χ0n) is 16.7. The maximum absolute atomic E-state index is 12.5. The van der Waals surface area contributed by atoms with Gasteiger partial charge in [0.05, 0.1) is 10.4 Å². The second-order valence-corrected chi connectivity index (χ2v) is 7.79. The van der Waals surface area contributed by atoms with Gasteiger partial charge >= 0.3 is 0 Å². The third-order valence-electron chi connectivity index (χ3n) is 5.81. The number of piperidine rings is 1. The smallest absolute Gasteiger partial charge is 0.272 e. The van der Waals surface area contributed by atoms with Crippen LogP contribution < -0.4 is 5.32 Å². The Labute approximate surface area is 174 Å². The molecular formula is C22H25N5O3. The third kappa shape index (κ3) is 4.65. The number of H-pyrrole nitrogens is 1. The number of amides is 1. The van der Waals surface area contributed by atoms with Crippen molar-refractivity contribution in [1.82, 2.24) is 20.4 Å². The van der Waals surface area contributed by atoms with Crippen LogP contribution in [0.1, 0.15) is 28.9 Å². The molecule has 0 atom stereocenters. The van der Waals surface area contributed by atoms with E-state index in [4.69, 9.17) is 0 Å². The van der Waals surface area contributed by atoms with Crippen LogP contribution in [0.3, 0.4) is 0 Å². The lowest BCUT2D eigenvalue weighted by Gasteiger charge is -2.32. The van der Waals surface area contributed by atoms with E-state index in [1.54, 1.807) is 12.1 Å². The van der Waals surface area contributed by atoms with Gasteiger partial charge < -0.3 is 10.2 Å². The molecule has 0 unspecified atom stereocenters. The van der Waals surface area contributed by atoms with E-state index < -0.39 is 0 Å². The molecule has 2 aromatic carbocycles. The molecule has 1 aliphatic rings. The fraction of sp³-hybridized carbons (Fsp3) is 0.364. The summed E-state index contributed by atoms with van der Waals surface area (Å²) < 4.78 is 0. The SMILES string of the molecule is O=C(NCC1CCN(CCc2ccc([N+](=O)[O-])cc2)CC1)c1n[nH]c2ccccc12. The number of nitrogens with zero attached hydrogens (tertiary/aromatic N) is 3. The van der Waals surface area contributed by atoms with Crippen LogP contribution in [-0.4, -0.2) is 52.1 Å². The number of aromatic amines is 1. The topological polar surface area (TPSA) is 104 Å². The molecule has 3 aromatic rings. The Bertz CT molecular complexity index is 1020. The minimum Gasteiger partial charge on any atom is -0.350 e. The van der Waals surface area contributed by atoms with Gasteiger partial charge in [0, 0.05) is 30.6 Å². The minimum absolute atomic E-state index is 0.129. The number of nitrogens with one attached hydrogen (secondary N) is 2. The van der Waals surface area contributed by atoms with Crippen molar-refractivity contribution in [2.24, 2.45) is 5.92 Å². The Balaban J connectivity index is 1.20. The van der Waals surface area contributed by atoms with Gasteiger partial charge in [-0.25, -0.2) is 0 Å². The van der Waals surface area contributed by atoms with Crippen molar-refractivity contribution >= 4 is 22.5 Å². The maximum atomic E-state index is 12.5. The molecule has 30 heavy (non-hydrogen) atoms. The lowest BCUT2D eigenvalue weighted by molar-refractivity contribution is -0.384. The fourth-order valence-corrected chi connectivity index (χ4v) is 3.94. The van der Waals surface area contributed by atoms with Crippen molar-refractivity contribution < 1.29 is 9.72 Å². The molecule has 8 heteroatoms. The Hall–Kier alpha value is -3.26. The van der Waals surface area contributed by atoms with Crippen molar-refractivity contribution in [3.05, 3.63) is 69.9 Å². The van der Waals surface area contributed by atoms with E-state index in [1.165, 1.54) is 0 Å². The molecule has 1 aromatic heterocycles. The van der Waals surface area contributed by atoms with Crippen LogP contribution in [0.15, 0.2) is 48.5 Å². The second-order valence-electron chi connectivity index (χ2n) is 7.79. The van der Waals surface area contributed by atoms with Gasteiger partial charge in [0.15, 0.2) is 5.69 Å². The first-order valence-corrected chi connectivity index (χ1v) is 10.3. The number of fused-ring (bicyclic) bond motifs is 1. The Kier molecular flexibility index (Phi) is 6.04. The average molecular weight is 407 g/mol. The zero-order valence-corrected chi connectivity index (χ0v) is 16.7. The summed E-state index contributed by atoms with van der Waals surface area (Å²) >= 11 is 0. The second kappa shape index (κ2) is 9.04. The number of benzene rings is 2. The van der Waals surface area contributed by atoms with Crippen LogP contribution in [0.2, 0.25) is 0 Å². The fourth-order valence-electron chi connectivity index (χ4n) is 3.94. The maximum Gasteiger partial charge on any atom is 0.272 e. The van der Waals surface area contributed by atoms with Gasteiger partial charge in [0.1, 0.15) is 0 Å². The summed E-state index contributed by atoms with van der Waals surface area (Å²) in [6.45, 7) is 3.60. The first-order valence-electron chi connectivity index (χ1n) is 10.3. The molecule has 1 fully saturated rings. The molecule has 0 spiro atoms. The molecule has 156 valence electrons. The molecule has 2 N–H and O–H groups in total. The standard InChI is InChI=1S/C22H25N5O3/c28-22(21-19-3-1-2-4-20(19)24-25-21)23-15-17-10-13-26(14-11-17)12-9-16-5-7-18(8-6-16)27(29)30/h1-8,17H,9-15H2,(H,23,28)(H,24,25). The Morgan fingerprint density at radius 2 is 1.90 bits per heavy atom. The van der Waals surface area contributed by atoms with Crippen molar-refractivity contribution in [2.75, 3.05) is 26.2 Å². The highest BCUT2D eigenvalue weighted by Gasteiger charge is 2.21. The average Bonchev–Trinajstić information content (AvgIpc) is 3.21. The Morgan fingerprint density at radius 3 is 2.63 bits per heavy atom. The number of aromatic nitrogens is 2. The van der Waals surface area contributed by atoms with Crippen LogP contribution in [0.4, 0.5) is 5.69 Å². The van der Waals surface area contributed by atoms with E-state index in [-0.39, 0.29) is 16.5 Å². The summed E-state index contributed by atoms with van der Waals surface area (Å²) in [7, 11) is 0. The van der Waals surface area contributed by atoms with Gasteiger partial charge in [-0.2, -0.15) is 5.10 Å². The third-order valence-corrected chi connectivity index (χ3v) is 5.81. The van der Waals surface area contributed by atoms with E-state index in [0.29, 0.717) is 18.2 Å². The van der Waals surface area contributed by atoms with E-state index >= 15 is 0 Å². The van der Waals surface area contributed by atoms with Crippen LogP contribution in [0, 0.1) is 16.0 Å². The number of hydrogen-bond acceptors (Lipinski definition) is 5. The number of carbonyl (C=O) groups excluding carboxylic acids is 1. The number of hydrogen-bond donors (Lipinski definition) is 2. The first kappa shape index (κ1) is 20.0. The van der Waals surface area contributed by atoms with Gasteiger partial charge in [-0.15, -0.1) is 0 Å². The van der Waals surface area contributed by atoms with E-state index in [0.717, 1.165) is 55.4 Å². The van der Waals surface area contributed by atoms with E-state index in [1.807, 2.05) is 36.4 Å². The number of nitro groups is 1. The molecule has 8 nitrogen and oxygen atoms in total.